The average Bonchev–Trinajstić information content (AvgIpc) is 2.67. The highest BCUT2D eigenvalue weighted by atomic mass is 35.5. The summed E-state index contributed by atoms with van der Waals surface area (Å²) in [4.78, 5) is 4.10. The summed E-state index contributed by atoms with van der Waals surface area (Å²) in [6.45, 7) is 0.844. The van der Waals surface area contributed by atoms with Crippen LogP contribution in [0, 0.1) is 0 Å². The van der Waals surface area contributed by atoms with E-state index in [1.54, 1.807) is 7.11 Å². The first-order chi connectivity index (χ1) is 11.8. The SMILES string of the molecule is CNC1CCC(NCc2cc(-c3ccncc3)ccc2OC)CC1.Cl.Cl. The number of hydrogen-bond acceptors (Lipinski definition) is 4. The van der Waals surface area contributed by atoms with E-state index in [2.05, 4.69) is 40.9 Å². The summed E-state index contributed by atoms with van der Waals surface area (Å²) in [6, 6.07) is 11.8. The lowest BCUT2D eigenvalue weighted by atomic mass is 9.91. The molecule has 0 amide bonds. The van der Waals surface area contributed by atoms with E-state index in [0.717, 1.165) is 12.3 Å². The van der Waals surface area contributed by atoms with Crippen molar-refractivity contribution in [3.8, 4) is 16.9 Å². The quantitative estimate of drug-likeness (QED) is 0.765. The Kier molecular flexibility index (Phi) is 9.96. The van der Waals surface area contributed by atoms with E-state index in [9.17, 15) is 0 Å². The molecule has 1 fully saturated rings. The smallest absolute Gasteiger partial charge is 0.123 e. The van der Waals surface area contributed by atoms with Gasteiger partial charge in [-0.3, -0.25) is 4.98 Å². The van der Waals surface area contributed by atoms with Gasteiger partial charge < -0.3 is 15.4 Å². The van der Waals surface area contributed by atoms with E-state index in [4.69, 9.17) is 4.74 Å². The van der Waals surface area contributed by atoms with Crippen molar-refractivity contribution in [2.75, 3.05) is 14.2 Å². The van der Waals surface area contributed by atoms with E-state index in [0.29, 0.717) is 12.1 Å². The van der Waals surface area contributed by atoms with E-state index in [1.807, 2.05) is 24.5 Å². The number of nitrogens with one attached hydrogen (secondary N) is 2. The molecule has 144 valence electrons. The van der Waals surface area contributed by atoms with Crippen molar-refractivity contribution in [3.63, 3.8) is 0 Å². The van der Waals surface area contributed by atoms with Gasteiger partial charge in [-0.2, -0.15) is 0 Å². The zero-order valence-corrected chi connectivity index (χ0v) is 17.0. The molecule has 1 aromatic heterocycles. The van der Waals surface area contributed by atoms with E-state index in [1.165, 1.54) is 42.4 Å². The summed E-state index contributed by atoms with van der Waals surface area (Å²) in [5.41, 5.74) is 3.60. The normalized spacial score (nSPS) is 19.2. The van der Waals surface area contributed by atoms with Gasteiger partial charge in [0, 0.05) is 36.6 Å². The highest BCUT2D eigenvalue weighted by Crippen LogP contribution is 2.27. The first kappa shape index (κ1) is 22.7. The molecule has 0 saturated heterocycles. The van der Waals surface area contributed by atoms with Gasteiger partial charge in [-0.25, -0.2) is 0 Å². The minimum absolute atomic E-state index is 0. The van der Waals surface area contributed by atoms with Crippen molar-refractivity contribution in [2.45, 2.75) is 44.3 Å². The summed E-state index contributed by atoms with van der Waals surface area (Å²) >= 11 is 0. The minimum Gasteiger partial charge on any atom is -0.496 e. The number of methoxy groups -OCH3 is 1. The first-order valence-corrected chi connectivity index (χ1v) is 8.78. The van der Waals surface area contributed by atoms with Gasteiger partial charge in [0.1, 0.15) is 5.75 Å². The lowest BCUT2D eigenvalue weighted by Crippen LogP contribution is -2.38. The predicted octanol–water partition coefficient (Wildman–Crippen LogP) is 4.22. The minimum atomic E-state index is 0. The molecule has 26 heavy (non-hydrogen) atoms. The molecule has 1 aliphatic rings. The van der Waals surface area contributed by atoms with Gasteiger partial charge in [0.15, 0.2) is 0 Å². The molecule has 4 nitrogen and oxygen atoms in total. The molecule has 1 heterocycles. The maximum atomic E-state index is 5.55. The lowest BCUT2D eigenvalue weighted by molar-refractivity contribution is 0.315. The maximum Gasteiger partial charge on any atom is 0.123 e. The van der Waals surface area contributed by atoms with E-state index >= 15 is 0 Å². The van der Waals surface area contributed by atoms with Crippen LogP contribution < -0.4 is 15.4 Å². The second kappa shape index (κ2) is 11.4. The second-order valence-corrected chi connectivity index (χ2v) is 6.48. The number of aromatic nitrogens is 1. The van der Waals surface area contributed by atoms with Crippen LogP contribution in [0.3, 0.4) is 0 Å². The van der Waals surface area contributed by atoms with Gasteiger partial charge >= 0.3 is 0 Å². The molecule has 0 bridgehead atoms. The third-order valence-electron chi connectivity index (χ3n) is 5.01. The summed E-state index contributed by atoms with van der Waals surface area (Å²) in [7, 11) is 3.80. The van der Waals surface area contributed by atoms with Gasteiger partial charge in [-0.1, -0.05) is 6.07 Å². The fraction of sp³-hybridized carbons (Fsp3) is 0.450. The maximum absolute atomic E-state index is 5.55. The van der Waals surface area contributed by atoms with Crippen LogP contribution >= 0.6 is 24.8 Å². The number of halogens is 2. The molecule has 0 atom stereocenters. The van der Waals surface area contributed by atoms with Crippen molar-refractivity contribution < 1.29 is 4.74 Å². The molecule has 0 spiro atoms. The molecule has 2 aromatic rings. The van der Waals surface area contributed by atoms with Crippen molar-refractivity contribution in [1.82, 2.24) is 15.6 Å². The fourth-order valence-electron chi connectivity index (χ4n) is 3.48. The topological polar surface area (TPSA) is 46.2 Å². The molecule has 0 radical (unpaired) electrons. The van der Waals surface area contributed by atoms with Crippen LogP contribution in [-0.2, 0) is 6.54 Å². The van der Waals surface area contributed by atoms with Crippen LogP contribution in [0.25, 0.3) is 11.1 Å². The largest absolute Gasteiger partial charge is 0.496 e. The van der Waals surface area contributed by atoms with E-state index in [-0.39, 0.29) is 24.8 Å². The number of hydrogen-bond donors (Lipinski definition) is 2. The van der Waals surface area contributed by atoms with Crippen LogP contribution in [0.2, 0.25) is 0 Å². The Bertz CT molecular complexity index is 647. The van der Waals surface area contributed by atoms with Crippen molar-refractivity contribution in [1.29, 1.82) is 0 Å². The average molecular weight is 398 g/mol. The third-order valence-corrected chi connectivity index (χ3v) is 5.01. The highest BCUT2D eigenvalue weighted by molar-refractivity contribution is 5.85. The van der Waals surface area contributed by atoms with Crippen LogP contribution in [-0.4, -0.2) is 31.2 Å². The van der Waals surface area contributed by atoms with Crippen molar-refractivity contribution in [2.24, 2.45) is 0 Å². The van der Waals surface area contributed by atoms with Gasteiger partial charge in [0.2, 0.25) is 0 Å². The van der Waals surface area contributed by atoms with Gasteiger partial charge in [-0.15, -0.1) is 24.8 Å². The first-order valence-electron chi connectivity index (χ1n) is 8.78. The highest BCUT2D eigenvalue weighted by Gasteiger charge is 2.19. The Hall–Kier alpha value is -1.33. The molecule has 1 saturated carbocycles. The van der Waals surface area contributed by atoms with Crippen LogP contribution in [0.1, 0.15) is 31.2 Å². The molecule has 0 aliphatic heterocycles. The van der Waals surface area contributed by atoms with Gasteiger partial charge in [0.25, 0.3) is 0 Å². The summed E-state index contributed by atoms with van der Waals surface area (Å²) in [6.07, 6.45) is 8.63. The number of benzene rings is 1. The molecule has 6 heteroatoms. The summed E-state index contributed by atoms with van der Waals surface area (Å²) < 4.78 is 5.55. The Morgan fingerprint density at radius 1 is 0.962 bits per heavy atom. The summed E-state index contributed by atoms with van der Waals surface area (Å²) in [5, 5.41) is 7.11. The number of rotatable bonds is 6. The molecule has 1 aromatic carbocycles. The fourth-order valence-corrected chi connectivity index (χ4v) is 3.48. The zero-order valence-electron chi connectivity index (χ0n) is 15.4. The molecule has 1 aliphatic carbocycles. The van der Waals surface area contributed by atoms with Gasteiger partial charge in [0.05, 0.1) is 7.11 Å². The molecule has 0 unspecified atom stereocenters. The number of pyridine rings is 1. The van der Waals surface area contributed by atoms with E-state index < -0.39 is 0 Å². The Balaban J connectivity index is 0.00000169. The second-order valence-electron chi connectivity index (χ2n) is 6.48. The molecular formula is C20H29Cl2N3O. The summed E-state index contributed by atoms with van der Waals surface area (Å²) in [5.74, 6) is 0.948. The molecular weight excluding hydrogens is 369 g/mol. The Labute approximate surface area is 169 Å². The van der Waals surface area contributed by atoms with Gasteiger partial charge in [-0.05, 0) is 68.1 Å². The Morgan fingerprint density at radius 2 is 1.62 bits per heavy atom. The van der Waals surface area contributed by atoms with Crippen LogP contribution in [0.15, 0.2) is 42.7 Å². The van der Waals surface area contributed by atoms with Crippen LogP contribution in [0.4, 0.5) is 0 Å². The van der Waals surface area contributed by atoms with Crippen molar-refractivity contribution >= 4 is 24.8 Å². The van der Waals surface area contributed by atoms with Crippen LogP contribution in [0.5, 0.6) is 5.75 Å². The number of ether oxygens (including phenoxy) is 1. The number of nitrogens with zero attached hydrogens (tertiary/aromatic N) is 1. The Morgan fingerprint density at radius 3 is 2.23 bits per heavy atom. The molecule has 3 rings (SSSR count). The predicted molar refractivity (Wildman–Crippen MR) is 113 cm³/mol. The van der Waals surface area contributed by atoms with Crippen molar-refractivity contribution in [3.05, 3.63) is 48.3 Å². The third kappa shape index (κ3) is 5.85. The standard InChI is InChI=1S/C20H27N3O.2ClH/c1-21-18-4-6-19(7-5-18)23-14-17-13-16(3-8-20(17)24-2)15-9-11-22-12-10-15;;/h3,8-13,18-19,21,23H,4-7,14H2,1-2H3;2*1H. The molecule has 2 N–H and O–H groups in total. The monoisotopic (exact) mass is 397 g/mol. The lowest BCUT2D eigenvalue weighted by Gasteiger charge is -2.29. The zero-order chi connectivity index (χ0) is 16.8.